The first-order chi connectivity index (χ1) is 4.18. The van der Waals surface area contributed by atoms with Crippen molar-refractivity contribution >= 4 is 10.5 Å². The highest BCUT2D eigenvalue weighted by Crippen LogP contribution is 2.18. The second-order valence-corrected chi connectivity index (χ2v) is 2.74. The minimum Gasteiger partial charge on any atom is -0.298 e. The van der Waals surface area contributed by atoms with Crippen LogP contribution in [0.4, 0.5) is 0 Å². The molecule has 0 aromatic rings. The van der Waals surface area contributed by atoms with E-state index in [4.69, 9.17) is 9.46 Å². The van der Waals surface area contributed by atoms with Crippen molar-refractivity contribution in [2.24, 2.45) is 0 Å². The Kier molecular flexibility index (Phi) is 4.09. The zero-order valence-corrected chi connectivity index (χ0v) is 8.73. The van der Waals surface area contributed by atoms with Crippen LogP contribution in [0, 0.1) is 0 Å². The van der Waals surface area contributed by atoms with Crippen molar-refractivity contribution in [1.29, 1.82) is 0 Å². The molecule has 0 aliphatic carbocycles. The van der Waals surface area contributed by atoms with Crippen LogP contribution in [-0.4, -0.2) is 16.1 Å². The Morgan fingerprint density at radius 3 is 1.89 bits per heavy atom. The van der Waals surface area contributed by atoms with Crippen LogP contribution >= 0.6 is 0 Å². The van der Waals surface area contributed by atoms with E-state index in [1.54, 1.807) is 0 Å². The third kappa shape index (κ3) is 2.98. The maximum absolute atomic E-state index is 5.09. The lowest BCUT2D eigenvalue weighted by atomic mass is 10.0. The van der Waals surface area contributed by atoms with Gasteiger partial charge >= 0.3 is 0 Å². The molecule has 0 radical (unpaired) electrons. The number of hydrogen-bond acceptors (Lipinski definition) is 2. The van der Waals surface area contributed by atoms with Crippen LogP contribution in [0.1, 0.15) is 33.6 Å². The molecule has 0 amide bonds. The van der Waals surface area contributed by atoms with E-state index in [0.717, 1.165) is 12.8 Å². The summed E-state index contributed by atoms with van der Waals surface area (Å²) in [6, 6.07) is 0. The molecule has 0 fully saturated rings. The lowest BCUT2D eigenvalue weighted by Crippen LogP contribution is -2.26. The first-order valence-corrected chi connectivity index (χ1v) is 4.22. The topological polar surface area (TPSA) is 18.5 Å². The fourth-order valence-electron chi connectivity index (χ4n) is 0.569. The first kappa shape index (κ1) is 9.14. The average molecular weight is 148 g/mol. The molecule has 0 unspecified atom stereocenters. The van der Waals surface area contributed by atoms with Gasteiger partial charge in [-0.1, -0.05) is 13.8 Å². The third-order valence-electron chi connectivity index (χ3n) is 1.78. The first-order valence-electron chi connectivity index (χ1n) is 3.40. The van der Waals surface area contributed by atoms with Crippen LogP contribution in [0.2, 0.25) is 0 Å². The molecule has 0 aromatic heterocycles. The van der Waals surface area contributed by atoms with E-state index < -0.39 is 0 Å². The van der Waals surface area contributed by atoms with Gasteiger partial charge in [-0.15, -0.1) is 0 Å². The molecule has 0 heterocycles. The van der Waals surface area contributed by atoms with Crippen LogP contribution in [0.25, 0.3) is 0 Å². The van der Waals surface area contributed by atoms with E-state index in [2.05, 4.69) is 20.8 Å². The van der Waals surface area contributed by atoms with E-state index in [-0.39, 0.29) is 5.60 Å². The van der Waals surface area contributed by atoms with Gasteiger partial charge in [-0.3, -0.25) is 4.58 Å². The van der Waals surface area contributed by atoms with Crippen LogP contribution in [0.15, 0.2) is 0 Å². The van der Waals surface area contributed by atoms with Crippen molar-refractivity contribution in [3.8, 4) is 0 Å². The van der Waals surface area contributed by atoms with Gasteiger partial charge in [-0.25, -0.2) is 4.89 Å². The fraction of sp³-hybridized carbons (Fsp3) is 1.00. The summed E-state index contributed by atoms with van der Waals surface area (Å²) < 4.78 is 4.73. The molecule has 2 nitrogen and oxygen atoms in total. The van der Waals surface area contributed by atoms with Gasteiger partial charge in [0.2, 0.25) is 0 Å². The highest BCUT2D eigenvalue weighted by molar-refractivity contribution is 5.97. The second-order valence-electron chi connectivity index (χ2n) is 2.41. The van der Waals surface area contributed by atoms with Crippen LogP contribution < -0.4 is 0 Å². The van der Waals surface area contributed by atoms with Gasteiger partial charge in [0.05, 0.1) is 5.60 Å². The predicted molar refractivity (Wildman–Crippen MR) is 41.1 cm³/mol. The molecular formula is C6H16O2Si. The minimum atomic E-state index is -0.0538. The van der Waals surface area contributed by atoms with Gasteiger partial charge in [-0.05, 0) is 19.8 Å². The number of rotatable bonds is 4. The van der Waals surface area contributed by atoms with E-state index in [9.17, 15) is 0 Å². The van der Waals surface area contributed by atoms with Crippen LogP contribution in [0.5, 0.6) is 0 Å². The standard InChI is InChI=1S/C6H16O2Si/c1-4-6(3,5-2)7-8-9/h4-5H2,1-3,9H3. The highest BCUT2D eigenvalue weighted by Gasteiger charge is 2.20. The van der Waals surface area contributed by atoms with Crippen LogP contribution in [-0.2, 0) is 9.46 Å². The summed E-state index contributed by atoms with van der Waals surface area (Å²) in [5, 5.41) is 0. The summed E-state index contributed by atoms with van der Waals surface area (Å²) in [6.45, 7) is 6.26. The smallest absolute Gasteiger partial charge is 0.193 e. The molecule has 0 saturated heterocycles. The molecule has 0 aliphatic rings. The van der Waals surface area contributed by atoms with E-state index in [1.807, 2.05) is 0 Å². The Labute approximate surface area is 60.0 Å². The van der Waals surface area contributed by atoms with Gasteiger partial charge < -0.3 is 0 Å². The molecule has 0 bridgehead atoms. The van der Waals surface area contributed by atoms with Crippen molar-refractivity contribution in [3.63, 3.8) is 0 Å². The third-order valence-corrected chi connectivity index (χ3v) is 1.95. The molecule has 9 heavy (non-hydrogen) atoms. The minimum absolute atomic E-state index is 0.0538. The van der Waals surface area contributed by atoms with Crippen molar-refractivity contribution < 1.29 is 9.46 Å². The Morgan fingerprint density at radius 2 is 1.78 bits per heavy atom. The highest BCUT2D eigenvalue weighted by atomic mass is 28.2. The zero-order chi connectivity index (χ0) is 7.33. The predicted octanol–water partition coefficient (Wildman–Crippen LogP) is 0.794. The Hall–Kier alpha value is 0.137. The lowest BCUT2D eigenvalue weighted by Gasteiger charge is -2.24. The fourth-order valence-corrected chi connectivity index (χ4v) is 0.971. The molecule has 0 spiro atoms. The molecule has 0 atom stereocenters. The summed E-state index contributed by atoms with van der Waals surface area (Å²) in [4.78, 5) is 5.09. The SMILES string of the molecule is CCC(C)(CC)OO[SiH3]. The zero-order valence-electron chi connectivity index (χ0n) is 6.73. The van der Waals surface area contributed by atoms with E-state index in [1.165, 1.54) is 0 Å². The molecule has 0 saturated carbocycles. The summed E-state index contributed by atoms with van der Waals surface area (Å²) in [5.74, 6) is 0. The largest absolute Gasteiger partial charge is 0.298 e. The second kappa shape index (κ2) is 4.03. The molecule has 0 N–H and O–H groups in total. The Morgan fingerprint density at radius 1 is 1.33 bits per heavy atom. The van der Waals surface area contributed by atoms with Gasteiger partial charge in [0.15, 0.2) is 10.5 Å². The lowest BCUT2D eigenvalue weighted by molar-refractivity contribution is -0.287. The van der Waals surface area contributed by atoms with Crippen LogP contribution in [0.3, 0.4) is 0 Å². The van der Waals surface area contributed by atoms with Crippen molar-refractivity contribution in [2.75, 3.05) is 0 Å². The Balaban J connectivity index is 3.62. The molecule has 0 rings (SSSR count). The Bertz CT molecular complexity index is 71.5. The molecule has 0 aromatic carbocycles. The molecular weight excluding hydrogens is 132 g/mol. The normalized spacial score (nSPS) is 12.3. The summed E-state index contributed by atoms with van der Waals surface area (Å²) >= 11 is 0. The molecule has 56 valence electrons. The molecule has 0 aliphatic heterocycles. The summed E-state index contributed by atoms with van der Waals surface area (Å²) in [5.41, 5.74) is -0.0538. The summed E-state index contributed by atoms with van der Waals surface area (Å²) in [7, 11) is 0.657. The van der Waals surface area contributed by atoms with Gasteiger partial charge in [0.1, 0.15) is 0 Å². The van der Waals surface area contributed by atoms with Gasteiger partial charge in [-0.2, -0.15) is 0 Å². The van der Waals surface area contributed by atoms with Crippen molar-refractivity contribution in [3.05, 3.63) is 0 Å². The maximum atomic E-state index is 5.09. The van der Waals surface area contributed by atoms with Gasteiger partial charge in [0.25, 0.3) is 0 Å². The van der Waals surface area contributed by atoms with Crippen molar-refractivity contribution in [1.82, 2.24) is 0 Å². The van der Waals surface area contributed by atoms with Gasteiger partial charge in [0, 0.05) is 0 Å². The monoisotopic (exact) mass is 148 g/mol. The maximum Gasteiger partial charge on any atom is 0.193 e. The quantitative estimate of drug-likeness (QED) is 0.333. The van der Waals surface area contributed by atoms with E-state index in [0.29, 0.717) is 10.5 Å². The van der Waals surface area contributed by atoms with E-state index >= 15 is 0 Å². The average Bonchev–Trinajstić information content (AvgIpc) is 1.89. The van der Waals surface area contributed by atoms with Crippen molar-refractivity contribution in [2.45, 2.75) is 39.2 Å². The summed E-state index contributed by atoms with van der Waals surface area (Å²) in [6.07, 6.45) is 2.01. The molecule has 3 heteroatoms. The number of hydrogen-bond donors (Lipinski definition) is 0.